The van der Waals surface area contributed by atoms with Crippen LogP contribution >= 0.6 is 34.5 Å². The van der Waals surface area contributed by atoms with Gasteiger partial charge in [0.2, 0.25) is 0 Å². The lowest BCUT2D eigenvalue weighted by molar-refractivity contribution is 0.224. The van der Waals surface area contributed by atoms with Crippen molar-refractivity contribution in [3.8, 4) is 0 Å². The maximum absolute atomic E-state index is 10.2. The lowest BCUT2D eigenvalue weighted by Gasteiger charge is -2.09. The van der Waals surface area contributed by atoms with Crippen molar-refractivity contribution in [1.82, 2.24) is 0 Å². The topological polar surface area (TPSA) is 20.2 Å². The van der Waals surface area contributed by atoms with Crippen molar-refractivity contribution >= 4 is 34.5 Å². The fourth-order valence-electron chi connectivity index (χ4n) is 1.43. The van der Waals surface area contributed by atoms with Crippen molar-refractivity contribution in [3.05, 3.63) is 55.7 Å². The summed E-state index contributed by atoms with van der Waals surface area (Å²) in [6, 6.07) is 7.12. The van der Waals surface area contributed by atoms with Crippen molar-refractivity contribution in [2.75, 3.05) is 0 Å². The van der Waals surface area contributed by atoms with Crippen LogP contribution in [0.25, 0.3) is 0 Å². The van der Waals surface area contributed by atoms with Crippen LogP contribution in [0.3, 0.4) is 0 Å². The monoisotopic (exact) mass is 272 g/mol. The number of hydrogen-bond acceptors (Lipinski definition) is 2. The molecular weight excluding hydrogens is 263 g/mol. The molecule has 0 aliphatic heterocycles. The summed E-state index contributed by atoms with van der Waals surface area (Å²) in [6.07, 6.45) is -0.677. The number of rotatable bonds is 2. The van der Waals surface area contributed by atoms with Gasteiger partial charge in [0.15, 0.2) is 0 Å². The Morgan fingerprint density at radius 1 is 1.19 bits per heavy atom. The van der Waals surface area contributed by atoms with Gasteiger partial charge in [0.1, 0.15) is 6.10 Å². The molecule has 1 atom stereocenters. The Balaban J connectivity index is 2.35. The maximum Gasteiger partial charge on any atom is 0.115 e. The van der Waals surface area contributed by atoms with Gasteiger partial charge < -0.3 is 5.11 Å². The van der Waals surface area contributed by atoms with Crippen LogP contribution in [0.15, 0.2) is 29.6 Å². The molecule has 2 aromatic rings. The SMILES string of the molecule is Cc1csc(C(O)c2ccc(Cl)cc2)c1Cl. The van der Waals surface area contributed by atoms with E-state index in [1.807, 2.05) is 12.3 Å². The van der Waals surface area contributed by atoms with Crippen LogP contribution in [-0.2, 0) is 0 Å². The molecule has 0 radical (unpaired) electrons. The zero-order valence-corrected chi connectivity index (χ0v) is 10.9. The third kappa shape index (κ3) is 2.25. The second kappa shape index (κ2) is 4.76. The molecule has 0 saturated carbocycles. The van der Waals surface area contributed by atoms with E-state index >= 15 is 0 Å². The van der Waals surface area contributed by atoms with Gasteiger partial charge in [-0.1, -0.05) is 35.3 Å². The third-order valence-corrected chi connectivity index (χ3v) is 4.38. The summed E-state index contributed by atoms with van der Waals surface area (Å²) in [5, 5.41) is 13.4. The summed E-state index contributed by atoms with van der Waals surface area (Å²) in [5.74, 6) is 0. The lowest BCUT2D eigenvalue weighted by Crippen LogP contribution is -1.97. The second-order valence-corrected chi connectivity index (χ2v) is 5.28. The Bertz CT molecular complexity index is 490. The Kier molecular flexibility index (Phi) is 3.55. The van der Waals surface area contributed by atoms with Gasteiger partial charge in [0.25, 0.3) is 0 Å². The molecule has 84 valence electrons. The minimum atomic E-state index is -0.677. The van der Waals surface area contributed by atoms with Crippen LogP contribution in [-0.4, -0.2) is 5.11 Å². The summed E-state index contributed by atoms with van der Waals surface area (Å²) < 4.78 is 0. The molecule has 0 spiro atoms. The van der Waals surface area contributed by atoms with Gasteiger partial charge in [0, 0.05) is 5.02 Å². The maximum atomic E-state index is 10.2. The first-order valence-corrected chi connectivity index (χ1v) is 6.40. The predicted octanol–water partition coefficient (Wildman–Crippen LogP) is 4.45. The van der Waals surface area contributed by atoms with Crippen molar-refractivity contribution < 1.29 is 5.11 Å². The fourth-order valence-corrected chi connectivity index (χ4v) is 2.86. The largest absolute Gasteiger partial charge is 0.383 e. The molecule has 1 aromatic carbocycles. The third-order valence-electron chi connectivity index (χ3n) is 2.36. The number of aryl methyl sites for hydroxylation is 1. The average molecular weight is 273 g/mol. The summed E-state index contributed by atoms with van der Waals surface area (Å²) in [5.41, 5.74) is 1.79. The molecule has 0 bridgehead atoms. The van der Waals surface area contributed by atoms with Crippen molar-refractivity contribution in [1.29, 1.82) is 0 Å². The molecule has 0 fully saturated rings. The predicted molar refractivity (Wildman–Crippen MR) is 69.6 cm³/mol. The van der Waals surface area contributed by atoms with Crippen LogP contribution in [0, 0.1) is 6.92 Å². The van der Waals surface area contributed by atoms with E-state index in [9.17, 15) is 5.11 Å². The highest BCUT2D eigenvalue weighted by atomic mass is 35.5. The smallest absolute Gasteiger partial charge is 0.115 e. The van der Waals surface area contributed by atoms with Crippen molar-refractivity contribution in [2.45, 2.75) is 13.0 Å². The quantitative estimate of drug-likeness (QED) is 0.857. The summed E-state index contributed by atoms with van der Waals surface area (Å²) in [6.45, 7) is 1.93. The number of benzene rings is 1. The second-order valence-electron chi connectivity index (χ2n) is 3.55. The van der Waals surface area contributed by atoms with E-state index < -0.39 is 6.10 Å². The molecule has 1 unspecified atom stereocenters. The lowest BCUT2D eigenvalue weighted by atomic mass is 10.1. The molecule has 1 aromatic heterocycles. The van der Waals surface area contributed by atoms with Gasteiger partial charge in [-0.2, -0.15) is 0 Å². The van der Waals surface area contributed by atoms with Crippen LogP contribution in [0.4, 0.5) is 0 Å². The molecule has 0 aliphatic carbocycles. The molecule has 0 amide bonds. The standard InChI is InChI=1S/C12H10Cl2OS/c1-7-6-16-12(10(7)14)11(15)8-2-4-9(13)5-3-8/h2-6,11,15H,1H3. The molecule has 1 N–H and O–H groups in total. The van der Waals surface area contributed by atoms with Gasteiger partial charge in [-0.05, 0) is 35.6 Å². The van der Waals surface area contributed by atoms with Crippen LogP contribution in [0.1, 0.15) is 22.1 Å². The Morgan fingerprint density at radius 3 is 2.31 bits per heavy atom. The summed E-state index contributed by atoms with van der Waals surface area (Å²) in [7, 11) is 0. The van der Waals surface area contributed by atoms with Crippen LogP contribution in [0.2, 0.25) is 10.0 Å². The first kappa shape index (κ1) is 11.9. The minimum absolute atomic E-state index is 0.646. The van der Waals surface area contributed by atoms with Gasteiger partial charge in [-0.3, -0.25) is 0 Å². The van der Waals surface area contributed by atoms with Crippen molar-refractivity contribution in [3.63, 3.8) is 0 Å². The Labute approximate surface area is 108 Å². The van der Waals surface area contributed by atoms with E-state index in [4.69, 9.17) is 23.2 Å². The van der Waals surface area contributed by atoms with E-state index in [0.29, 0.717) is 10.0 Å². The molecule has 4 heteroatoms. The highest BCUT2D eigenvalue weighted by Crippen LogP contribution is 2.35. The zero-order valence-electron chi connectivity index (χ0n) is 8.58. The van der Waals surface area contributed by atoms with Crippen molar-refractivity contribution in [2.24, 2.45) is 0 Å². The van der Waals surface area contributed by atoms with E-state index in [-0.39, 0.29) is 0 Å². The molecule has 0 aliphatic rings. The molecule has 1 heterocycles. The van der Waals surface area contributed by atoms with Gasteiger partial charge in [-0.15, -0.1) is 11.3 Å². The summed E-state index contributed by atoms with van der Waals surface area (Å²) >= 11 is 13.4. The number of aliphatic hydroxyl groups is 1. The van der Waals surface area contributed by atoms with E-state index in [2.05, 4.69) is 0 Å². The van der Waals surface area contributed by atoms with E-state index in [0.717, 1.165) is 16.0 Å². The molecule has 2 rings (SSSR count). The normalized spacial score (nSPS) is 12.8. The first-order chi connectivity index (χ1) is 7.59. The van der Waals surface area contributed by atoms with Gasteiger partial charge >= 0.3 is 0 Å². The average Bonchev–Trinajstić information content (AvgIpc) is 2.60. The summed E-state index contributed by atoms with van der Waals surface area (Å²) in [4.78, 5) is 0.779. The highest BCUT2D eigenvalue weighted by Gasteiger charge is 2.17. The molecular formula is C12H10Cl2OS. The minimum Gasteiger partial charge on any atom is -0.383 e. The van der Waals surface area contributed by atoms with Crippen LogP contribution < -0.4 is 0 Å². The first-order valence-electron chi connectivity index (χ1n) is 4.76. The Hall–Kier alpha value is -0.540. The van der Waals surface area contributed by atoms with Gasteiger partial charge in [0.05, 0.1) is 9.90 Å². The number of aliphatic hydroxyl groups excluding tert-OH is 1. The Morgan fingerprint density at radius 2 is 1.81 bits per heavy atom. The van der Waals surface area contributed by atoms with Crippen LogP contribution in [0.5, 0.6) is 0 Å². The number of halogens is 2. The van der Waals surface area contributed by atoms with E-state index in [1.54, 1.807) is 24.3 Å². The van der Waals surface area contributed by atoms with E-state index in [1.165, 1.54) is 11.3 Å². The molecule has 0 saturated heterocycles. The molecule has 1 nitrogen and oxygen atoms in total. The number of thiophene rings is 1. The zero-order chi connectivity index (χ0) is 11.7. The van der Waals surface area contributed by atoms with Gasteiger partial charge in [-0.25, -0.2) is 0 Å². The highest BCUT2D eigenvalue weighted by molar-refractivity contribution is 7.10. The molecule has 16 heavy (non-hydrogen) atoms. The fraction of sp³-hybridized carbons (Fsp3) is 0.167. The number of hydrogen-bond donors (Lipinski definition) is 1.